The van der Waals surface area contributed by atoms with Crippen LogP contribution in [0.5, 0.6) is 0 Å². The number of hydrogen-bond acceptors (Lipinski definition) is 3. The third-order valence-electron chi connectivity index (χ3n) is 3.24. The molecule has 1 rings (SSSR count). The van der Waals surface area contributed by atoms with E-state index < -0.39 is 6.04 Å². The summed E-state index contributed by atoms with van der Waals surface area (Å²) in [6, 6.07) is -0.466. The van der Waals surface area contributed by atoms with Gasteiger partial charge in [0.1, 0.15) is 0 Å². The Hall–Kier alpha value is -0.610. The van der Waals surface area contributed by atoms with E-state index in [2.05, 4.69) is 12.2 Å². The van der Waals surface area contributed by atoms with Gasteiger partial charge >= 0.3 is 0 Å². The molecule has 1 atom stereocenters. The fourth-order valence-electron chi connectivity index (χ4n) is 1.72. The molecule has 0 saturated carbocycles. The van der Waals surface area contributed by atoms with Crippen LogP contribution in [0.3, 0.4) is 0 Å². The van der Waals surface area contributed by atoms with Gasteiger partial charge in [0.15, 0.2) is 0 Å². The molecule has 1 heterocycles. The predicted octanol–water partition coefficient (Wildman–Crippen LogP) is 1.05. The van der Waals surface area contributed by atoms with E-state index in [0.717, 1.165) is 12.8 Å². The van der Waals surface area contributed by atoms with Crippen molar-refractivity contribution in [3.63, 3.8) is 0 Å². The average molecular weight is 228 g/mol. The molecule has 1 amide bonds. The zero-order chi connectivity index (χ0) is 12.4. The lowest BCUT2D eigenvalue weighted by Gasteiger charge is -2.37. The average Bonchev–Trinajstić information content (AvgIpc) is 2.15. The zero-order valence-corrected chi connectivity index (χ0v) is 10.8. The summed E-state index contributed by atoms with van der Waals surface area (Å²) in [5, 5.41) is 3.06. The van der Waals surface area contributed by atoms with E-state index in [0.29, 0.717) is 13.2 Å². The lowest BCUT2D eigenvalue weighted by molar-refractivity contribution is -0.127. The van der Waals surface area contributed by atoms with Crippen molar-refractivity contribution in [3.8, 4) is 0 Å². The summed E-state index contributed by atoms with van der Waals surface area (Å²) in [6.45, 7) is 9.41. The molecule has 4 nitrogen and oxygen atoms in total. The Kier molecular flexibility index (Phi) is 3.97. The molecule has 94 valence electrons. The molecule has 4 heteroatoms. The first-order valence-electron chi connectivity index (χ1n) is 5.90. The van der Waals surface area contributed by atoms with Gasteiger partial charge in [-0.25, -0.2) is 0 Å². The number of rotatable bonds is 2. The highest BCUT2D eigenvalue weighted by atomic mass is 16.5. The molecule has 1 fully saturated rings. The van der Waals surface area contributed by atoms with Crippen molar-refractivity contribution in [1.82, 2.24) is 5.32 Å². The SMILES string of the molecule is CC1(NC(=O)[C@@H](N)C(C)(C)C)CCOCC1. The monoisotopic (exact) mass is 228 g/mol. The normalized spacial score (nSPS) is 22.6. The Labute approximate surface area is 97.9 Å². The quantitative estimate of drug-likeness (QED) is 0.742. The number of nitrogens with one attached hydrogen (secondary N) is 1. The van der Waals surface area contributed by atoms with Gasteiger partial charge in [0.2, 0.25) is 5.91 Å². The van der Waals surface area contributed by atoms with Crippen molar-refractivity contribution in [2.75, 3.05) is 13.2 Å². The highest BCUT2D eigenvalue weighted by Gasteiger charge is 2.34. The largest absolute Gasteiger partial charge is 0.381 e. The van der Waals surface area contributed by atoms with Crippen molar-refractivity contribution in [2.24, 2.45) is 11.1 Å². The smallest absolute Gasteiger partial charge is 0.237 e. The van der Waals surface area contributed by atoms with E-state index in [4.69, 9.17) is 10.5 Å². The molecule has 0 aromatic heterocycles. The highest BCUT2D eigenvalue weighted by Crippen LogP contribution is 2.22. The van der Waals surface area contributed by atoms with Gasteiger partial charge in [-0.2, -0.15) is 0 Å². The van der Waals surface area contributed by atoms with Crippen molar-refractivity contribution in [1.29, 1.82) is 0 Å². The number of amides is 1. The van der Waals surface area contributed by atoms with Crippen LogP contribution >= 0.6 is 0 Å². The second kappa shape index (κ2) is 4.72. The summed E-state index contributed by atoms with van der Waals surface area (Å²) >= 11 is 0. The Morgan fingerprint density at radius 3 is 2.31 bits per heavy atom. The minimum Gasteiger partial charge on any atom is -0.381 e. The van der Waals surface area contributed by atoms with E-state index in [-0.39, 0.29) is 16.9 Å². The Morgan fingerprint density at radius 1 is 1.38 bits per heavy atom. The van der Waals surface area contributed by atoms with Gasteiger partial charge in [-0.1, -0.05) is 20.8 Å². The predicted molar refractivity (Wildman–Crippen MR) is 64.0 cm³/mol. The summed E-state index contributed by atoms with van der Waals surface area (Å²) in [5.41, 5.74) is 5.57. The second-order valence-corrected chi connectivity index (χ2v) is 6.01. The van der Waals surface area contributed by atoms with Crippen molar-refractivity contribution >= 4 is 5.91 Å². The van der Waals surface area contributed by atoms with E-state index in [1.807, 2.05) is 20.8 Å². The number of hydrogen-bond donors (Lipinski definition) is 2. The molecule has 16 heavy (non-hydrogen) atoms. The molecule has 0 aliphatic carbocycles. The molecule has 0 aromatic carbocycles. The topological polar surface area (TPSA) is 64.4 Å². The highest BCUT2D eigenvalue weighted by molar-refractivity contribution is 5.83. The molecule has 0 bridgehead atoms. The first-order chi connectivity index (χ1) is 7.25. The van der Waals surface area contributed by atoms with Crippen molar-refractivity contribution < 1.29 is 9.53 Å². The summed E-state index contributed by atoms with van der Waals surface area (Å²) < 4.78 is 5.29. The molecule has 0 unspecified atom stereocenters. The third kappa shape index (κ3) is 3.46. The molecule has 3 N–H and O–H groups in total. The van der Waals surface area contributed by atoms with E-state index >= 15 is 0 Å². The van der Waals surface area contributed by atoms with Crippen LogP contribution < -0.4 is 11.1 Å². The van der Waals surface area contributed by atoms with Gasteiger partial charge in [0.05, 0.1) is 6.04 Å². The van der Waals surface area contributed by atoms with E-state index in [1.165, 1.54) is 0 Å². The molecule has 0 aromatic rings. The summed E-state index contributed by atoms with van der Waals surface area (Å²) in [7, 11) is 0. The van der Waals surface area contributed by atoms with Crippen LogP contribution in [0.1, 0.15) is 40.5 Å². The molecule has 0 spiro atoms. The second-order valence-electron chi connectivity index (χ2n) is 6.01. The molecular formula is C12H24N2O2. The lowest BCUT2D eigenvalue weighted by Crippen LogP contribution is -2.57. The van der Waals surface area contributed by atoms with Gasteiger partial charge in [-0.3, -0.25) is 4.79 Å². The Bertz CT molecular complexity index is 252. The van der Waals surface area contributed by atoms with Gasteiger partial charge in [-0.15, -0.1) is 0 Å². The van der Waals surface area contributed by atoms with Crippen LogP contribution in [0.4, 0.5) is 0 Å². The number of carbonyl (C=O) groups excluding carboxylic acids is 1. The number of nitrogens with two attached hydrogens (primary N) is 1. The van der Waals surface area contributed by atoms with Crippen molar-refractivity contribution in [3.05, 3.63) is 0 Å². The first-order valence-corrected chi connectivity index (χ1v) is 5.90. The summed E-state index contributed by atoms with van der Waals surface area (Å²) in [4.78, 5) is 12.0. The lowest BCUT2D eigenvalue weighted by atomic mass is 9.85. The van der Waals surface area contributed by atoms with Crippen LogP contribution in [0, 0.1) is 5.41 Å². The van der Waals surface area contributed by atoms with Crippen molar-refractivity contribution in [2.45, 2.75) is 52.1 Å². The molecule has 1 aliphatic rings. The van der Waals surface area contributed by atoms with Crippen LogP contribution in [0.2, 0.25) is 0 Å². The minimum absolute atomic E-state index is 0.0584. The van der Waals surface area contributed by atoms with Gasteiger partial charge < -0.3 is 15.8 Å². The maximum absolute atomic E-state index is 12.0. The van der Waals surface area contributed by atoms with Crippen LogP contribution in [-0.4, -0.2) is 30.7 Å². The zero-order valence-electron chi connectivity index (χ0n) is 10.8. The summed E-state index contributed by atoms with van der Waals surface area (Å²) in [5.74, 6) is -0.0584. The maximum atomic E-state index is 12.0. The molecule has 1 aliphatic heterocycles. The van der Waals surface area contributed by atoms with Crippen LogP contribution in [0.15, 0.2) is 0 Å². The van der Waals surface area contributed by atoms with Crippen LogP contribution in [0.25, 0.3) is 0 Å². The molecular weight excluding hydrogens is 204 g/mol. The summed E-state index contributed by atoms with van der Waals surface area (Å²) in [6.07, 6.45) is 1.71. The minimum atomic E-state index is -0.466. The Morgan fingerprint density at radius 2 is 1.88 bits per heavy atom. The number of carbonyl (C=O) groups is 1. The van der Waals surface area contributed by atoms with Gasteiger partial charge in [0.25, 0.3) is 0 Å². The molecule has 1 saturated heterocycles. The third-order valence-corrected chi connectivity index (χ3v) is 3.24. The first kappa shape index (κ1) is 13.5. The Balaban J connectivity index is 2.56. The number of ether oxygens (including phenoxy) is 1. The fourth-order valence-corrected chi connectivity index (χ4v) is 1.72. The van der Waals surface area contributed by atoms with Crippen LogP contribution in [-0.2, 0) is 9.53 Å². The maximum Gasteiger partial charge on any atom is 0.237 e. The molecule has 0 radical (unpaired) electrons. The fraction of sp³-hybridized carbons (Fsp3) is 0.917. The van der Waals surface area contributed by atoms with Gasteiger partial charge in [-0.05, 0) is 25.2 Å². The van der Waals surface area contributed by atoms with E-state index in [9.17, 15) is 4.79 Å². The van der Waals surface area contributed by atoms with E-state index in [1.54, 1.807) is 0 Å². The standard InChI is InChI=1S/C12H24N2O2/c1-11(2,3)9(13)10(15)14-12(4)5-7-16-8-6-12/h9H,5-8,13H2,1-4H3,(H,14,15)/t9-/m1/s1. The van der Waals surface area contributed by atoms with Gasteiger partial charge in [0, 0.05) is 18.8 Å².